The molecule has 3 saturated heterocycles. The molecule has 0 bridgehead atoms. The third-order valence-electron chi connectivity index (χ3n) is 11.4. The largest absolute Gasteiger partial charge is 0.489 e. The van der Waals surface area contributed by atoms with Crippen LogP contribution in [0.25, 0.3) is 0 Å². The van der Waals surface area contributed by atoms with E-state index in [1.165, 1.54) is 0 Å². The van der Waals surface area contributed by atoms with Gasteiger partial charge in [-0.05, 0) is 81.6 Å². The van der Waals surface area contributed by atoms with Gasteiger partial charge in [0.2, 0.25) is 23.6 Å². The lowest BCUT2D eigenvalue weighted by atomic mass is 9.49. The lowest BCUT2D eigenvalue weighted by Gasteiger charge is -2.63. The number of benzene rings is 2. The Kier molecular flexibility index (Phi) is 9.57. The SMILES string of the molecule is CC1(C)C(NC(=O)c2ccc(CCCN3CCC4(CC3)CC(=O)N(C3CCC(=O)NC3=O)C4=O)cc2)C(C)(C)C1Oc1ccc(C#N)c(Cl)c1. The van der Waals surface area contributed by atoms with Crippen LogP contribution in [0.3, 0.4) is 0 Å². The summed E-state index contributed by atoms with van der Waals surface area (Å²) in [5, 5.41) is 15.0. The van der Waals surface area contributed by atoms with Gasteiger partial charge in [-0.15, -0.1) is 0 Å². The minimum absolute atomic E-state index is 0.120. The third-order valence-corrected chi connectivity index (χ3v) is 11.7. The molecule has 1 spiro atoms. The maximum atomic E-state index is 13.4. The number of halogens is 1. The van der Waals surface area contributed by atoms with Gasteiger partial charge in [0.1, 0.15) is 24.0 Å². The average molecular weight is 702 g/mol. The van der Waals surface area contributed by atoms with Crippen molar-refractivity contribution in [3.8, 4) is 11.8 Å². The third kappa shape index (κ3) is 6.51. The second kappa shape index (κ2) is 13.5. The second-order valence-corrected chi connectivity index (χ2v) is 15.8. The molecule has 1 unspecified atom stereocenters. The molecule has 12 heteroatoms. The summed E-state index contributed by atoms with van der Waals surface area (Å²) in [4.78, 5) is 67.0. The number of carbonyl (C=O) groups is 5. The van der Waals surface area contributed by atoms with E-state index in [1.807, 2.05) is 24.3 Å². The summed E-state index contributed by atoms with van der Waals surface area (Å²) in [6.45, 7) is 10.5. The van der Waals surface area contributed by atoms with Gasteiger partial charge in [-0.25, -0.2) is 0 Å². The fraction of sp³-hybridized carbons (Fsp3) is 0.526. The summed E-state index contributed by atoms with van der Waals surface area (Å²) < 4.78 is 6.34. The Hall–Kier alpha value is -4.27. The van der Waals surface area contributed by atoms with E-state index in [9.17, 15) is 29.2 Å². The van der Waals surface area contributed by atoms with Gasteiger partial charge in [0, 0.05) is 41.3 Å². The van der Waals surface area contributed by atoms with Crippen molar-refractivity contribution in [2.45, 2.75) is 90.8 Å². The zero-order valence-corrected chi connectivity index (χ0v) is 29.8. The number of nitriles is 1. The summed E-state index contributed by atoms with van der Waals surface area (Å²) >= 11 is 6.22. The Morgan fingerprint density at radius 3 is 2.34 bits per heavy atom. The van der Waals surface area contributed by atoms with Gasteiger partial charge in [0.25, 0.3) is 5.91 Å². The predicted octanol–water partition coefficient (Wildman–Crippen LogP) is 4.40. The standard InChI is InChI=1S/C38H44ClN5O6/c1-36(2)33(37(3,4)34(36)50-26-12-11-25(22-40)27(39)20-26)42-31(47)24-9-7-23(8-10-24)6-5-17-43-18-15-38(16-19-43)21-30(46)44(35(38)49)28-13-14-29(45)41-32(28)48/h7-12,20,28,33-34H,5-6,13-19,21H2,1-4H3,(H,42,47)(H,41,45,48). The maximum absolute atomic E-state index is 13.4. The lowest BCUT2D eigenvalue weighted by Crippen LogP contribution is -2.74. The maximum Gasteiger partial charge on any atom is 0.251 e. The molecule has 3 aliphatic heterocycles. The highest BCUT2D eigenvalue weighted by Crippen LogP contribution is 2.55. The molecule has 0 radical (unpaired) electrons. The van der Waals surface area contributed by atoms with E-state index in [4.69, 9.17) is 16.3 Å². The molecule has 1 aliphatic carbocycles. The molecule has 1 atom stereocenters. The predicted molar refractivity (Wildman–Crippen MR) is 185 cm³/mol. The number of imide groups is 2. The zero-order valence-electron chi connectivity index (χ0n) is 29.0. The van der Waals surface area contributed by atoms with Gasteiger partial charge < -0.3 is 15.0 Å². The Morgan fingerprint density at radius 2 is 1.72 bits per heavy atom. The molecule has 264 valence electrons. The molecule has 5 amide bonds. The van der Waals surface area contributed by atoms with Crippen LogP contribution in [-0.2, 0) is 25.6 Å². The number of nitrogens with zero attached hydrogens (tertiary/aromatic N) is 3. The van der Waals surface area contributed by atoms with Gasteiger partial charge in [0.15, 0.2) is 0 Å². The number of ether oxygens (including phenoxy) is 1. The van der Waals surface area contributed by atoms with E-state index in [0.717, 1.165) is 29.8 Å². The summed E-state index contributed by atoms with van der Waals surface area (Å²) in [5.74, 6) is -1.08. The highest BCUT2D eigenvalue weighted by molar-refractivity contribution is 6.31. The van der Waals surface area contributed by atoms with E-state index in [0.29, 0.717) is 47.8 Å². The molecule has 2 N–H and O–H groups in total. The number of piperidine rings is 2. The van der Waals surface area contributed by atoms with E-state index < -0.39 is 17.4 Å². The fourth-order valence-electron chi connectivity index (χ4n) is 8.80. The molecular weight excluding hydrogens is 658 g/mol. The lowest BCUT2D eigenvalue weighted by molar-refractivity contribution is -0.164. The number of likely N-dealkylation sites (tertiary alicyclic amines) is 2. The first-order chi connectivity index (χ1) is 23.7. The number of rotatable bonds is 9. The Morgan fingerprint density at radius 1 is 1.04 bits per heavy atom. The first-order valence-corrected chi connectivity index (χ1v) is 17.7. The molecule has 4 aliphatic rings. The van der Waals surface area contributed by atoms with E-state index >= 15 is 0 Å². The average Bonchev–Trinajstić information content (AvgIpc) is 3.31. The number of amides is 5. The van der Waals surface area contributed by atoms with Crippen molar-refractivity contribution in [2.75, 3.05) is 19.6 Å². The molecule has 2 aromatic carbocycles. The van der Waals surface area contributed by atoms with Crippen molar-refractivity contribution in [3.63, 3.8) is 0 Å². The van der Waals surface area contributed by atoms with Crippen molar-refractivity contribution < 1.29 is 28.7 Å². The first kappa shape index (κ1) is 35.6. The van der Waals surface area contributed by atoms with Gasteiger partial charge in [-0.3, -0.25) is 34.2 Å². The van der Waals surface area contributed by atoms with Crippen molar-refractivity contribution in [2.24, 2.45) is 16.2 Å². The highest BCUT2D eigenvalue weighted by Gasteiger charge is 2.64. The van der Waals surface area contributed by atoms with Crippen LogP contribution in [0.4, 0.5) is 0 Å². The highest BCUT2D eigenvalue weighted by atomic mass is 35.5. The Bertz CT molecular complexity index is 1740. The summed E-state index contributed by atoms with van der Waals surface area (Å²) in [6, 6.07) is 13.8. The Labute approximate surface area is 297 Å². The number of nitrogens with one attached hydrogen (secondary N) is 2. The number of hydrogen-bond donors (Lipinski definition) is 2. The van der Waals surface area contributed by atoms with Crippen LogP contribution >= 0.6 is 11.6 Å². The summed E-state index contributed by atoms with van der Waals surface area (Å²) in [5.41, 5.74) is 0.630. The van der Waals surface area contributed by atoms with Crippen LogP contribution < -0.4 is 15.4 Å². The van der Waals surface area contributed by atoms with E-state index in [-0.39, 0.29) is 65.9 Å². The number of aryl methyl sites for hydroxylation is 1. The topological polar surface area (TPSA) is 149 Å². The molecule has 3 heterocycles. The molecule has 4 fully saturated rings. The van der Waals surface area contributed by atoms with Crippen molar-refractivity contribution in [1.82, 2.24) is 20.4 Å². The minimum Gasteiger partial charge on any atom is -0.489 e. The second-order valence-electron chi connectivity index (χ2n) is 15.4. The first-order valence-electron chi connectivity index (χ1n) is 17.3. The van der Waals surface area contributed by atoms with E-state index in [1.54, 1.807) is 18.2 Å². The smallest absolute Gasteiger partial charge is 0.251 e. The molecule has 0 aromatic heterocycles. The van der Waals surface area contributed by atoms with Gasteiger partial charge in [-0.1, -0.05) is 51.4 Å². The van der Waals surface area contributed by atoms with Crippen molar-refractivity contribution >= 4 is 41.1 Å². The van der Waals surface area contributed by atoms with Crippen molar-refractivity contribution in [1.29, 1.82) is 5.26 Å². The van der Waals surface area contributed by atoms with Gasteiger partial charge in [-0.2, -0.15) is 5.26 Å². The van der Waals surface area contributed by atoms with Crippen LogP contribution in [-0.4, -0.2) is 77.2 Å². The van der Waals surface area contributed by atoms with Crippen LogP contribution in [0.2, 0.25) is 5.02 Å². The van der Waals surface area contributed by atoms with Crippen LogP contribution in [0, 0.1) is 27.6 Å². The molecule has 50 heavy (non-hydrogen) atoms. The zero-order chi connectivity index (χ0) is 36.0. The molecule has 2 aromatic rings. The minimum atomic E-state index is -0.895. The van der Waals surface area contributed by atoms with Gasteiger partial charge in [0.05, 0.1) is 16.0 Å². The van der Waals surface area contributed by atoms with Crippen LogP contribution in [0.5, 0.6) is 5.75 Å². The van der Waals surface area contributed by atoms with Crippen molar-refractivity contribution in [3.05, 3.63) is 64.2 Å². The molecule has 6 rings (SSSR count). The van der Waals surface area contributed by atoms with Crippen LogP contribution in [0.15, 0.2) is 42.5 Å². The van der Waals surface area contributed by atoms with Crippen LogP contribution in [0.1, 0.15) is 87.7 Å². The molecule has 11 nitrogen and oxygen atoms in total. The monoisotopic (exact) mass is 701 g/mol. The molecular formula is C38H44ClN5O6. The van der Waals surface area contributed by atoms with E-state index in [2.05, 4.69) is 49.3 Å². The number of hydrogen-bond acceptors (Lipinski definition) is 8. The quantitative estimate of drug-likeness (QED) is 0.366. The normalized spacial score (nSPS) is 25.5. The molecule has 1 saturated carbocycles. The summed E-state index contributed by atoms with van der Waals surface area (Å²) in [6.07, 6.45) is 3.11. The number of carbonyl (C=O) groups excluding carboxylic acids is 5. The van der Waals surface area contributed by atoms with Gasteiger partial charge >= 0.3 is 0 Å². The summed E-state index contributed by atoms with van der Waals surface area (Å²) in [7, 11) is 0. The fourth-order valence-corrected chi connectivity index (χ4v) is 9.01. The Balaban J connectivity index is 0.961.